The van der Waals surface area contributed by atoms with Crippen LogP contribution in [0.3, 0.4) is 0 Å². The molecule has 3 rings (SSSR count). The van der Waals surface area contributed by atoms with Gasteiger partial charge in [0.2, 0.25) is 5.89 Å². The molecule has 1 aromatic heterocycles. The van der Waals surface area contributed by atoms with E-state index < -0.39 is 0 Å². The van der Waals surface area contributed by atoms with Crippen molar-refractivity contribution in [1.29, 1.82) is 0 Å². The van der Waals surface area contributed by atoms with Crippen LogP contribution in [0.5, 0.6) is 0 Å². The lowest BCUT2D eigenvalue weighted by Crippen LogP contribution is -2.09. The molecule has 0 saturated heterocycles. The van der Waals surface area contributed by atoms with E-state index in [1.807, 2.05) is 32.4 Å². The maximum Gasteiger partial charge on any atom is 0.226 e. The van der Waals surface area contributed by atoms with Crippen molar-refractivity contribution in [3.8, 4) is 11.5 Å². The molecule has 111 valence electrons. The minimum absolute atomic E-state index is 0.610. The van der Waals surface area contributed by atoms with Crippen LogP contribution in [0.25, 0.3) is 11.5 Å². The molecule has 0 atom stereocenters. The smallest absolute Gasteiger partial charge is 0.226 e. The molecule has 3 nitrogen and oxygen atoms in total. The standard InChI is InChI=1S/C18H23N2O/c1-20(2)13-15-12-19-18(21-15)17-11-7-6-10-16(17)14-8-4-3-5-9-14/h6-7,11-12,14H,3-5,8-9,13H2,1-2H3. The molecular weight excluding hydrogens is 260 g/mol. The maximum atomic E-state index is 5.94. The summed E-state index contributed by atoms with van der Waals surface area (Å²) in [7, 11) is 4.07. The summed E-state index contributed by atoms with van der Waals surface area (Å²) in [5.41, 5.74) is 2.41. The molecule has 0 unspecified atom stereocenters. The highest BCUT2D eigenvalue weighted by Gasteiger charge is 2.21. The van der Waals surface area contributed by atoms with Crippen LogP contribution < -0.4 is 0 Å². The van der Waals surface area contributed by atoms with Gasteiger partial charge in [-0.05, 0) is 50.6 Å². The van der Waals surface area contributed by atoms with Gasteiger partial charge in [0.1, 0.15) is 5.76 Å². The molecule has 3 heteroatoms. The van der Waals surface area contributed by atoms with Gasteiger partial charge in [-0.25, -0.2) is 4.98 Å². The summed E-state index contributed by atoms with van der Waals surface area (Å²) >= 11 is 0. The average molecular weight is 283 g/mol. The lowest BCUT2D eigenvalue weighted by atomic mass is 9.82. The first-order valence-electron chi connectivity index (χ1n) is 7.84. The number of oxazole rings is 1. The van der Waals surface area contributed by atoms with Crippen molar-refractivity contribution in [3.05, 3.63) is 41.8 Å². The number of nitrogens with zero attached hydrogens (tertiary/aromatic N) is 2. The second kappa shape index (κ2) is 6.44. The largest absolute Gasteiger partial charge is 0.440 e. The molecule has 1 aliphatic rings. The summed E-state index contributed by atoms with van der Waals surface area (Å²) < 4.78 is 5.94. The van der Waals surface area contributed by atoms with Crippen molar-refractivity contribution in [2.45, 2.75) is 44.6 Å². The van der Waals surface area contributed by atoms with Gasteiger partial charge in [0.05, 0.1) is 12.7 Å². The molecule has 0 bridgehead atoms. The van der Waals surface area contributed by atoms with Crippen molar-refractivity contribution in [3.63, 3.8) is 0 Å². The fourth-order valence-corrected chi connectivity index (χ4v) is 3.18. The van der Waals surface area contributed by atoms with Crippen LogP contribution >= 0.6 is 0 Å². The van der Waals surface area contributed by atoms with E-state index in [-0.39, 0.29) is 0 Å². The Morgan fingerprint density at radius 2 is 2.10 bits per heavy atom. The van der Waals surface area contributed by atoms with Crippen molar-refractivity contribution in [2.75, 3.05) is 14.1 Å². The van der Waals surface area contributed by atoms with Crippen molar-refractivity contribution in [2.24, 2.45) is 0 Å². The SMILES string of the molecule is CN(C)Cc1cnc(-c2ccc[c]c2C2CCCCC2)o1. The zero-order valence-corrected chi connectivity index (χ0v) is 12.9. The first kappa shape index (κ1) is 14.3. The van der Waals surface area contributed by atoms with Crippen LogP contribution in [0.4, 0.5) is 0 Å². The topological polar surface area (TPSA) is 29.3 Å². The second-order valence-corrected chi connectivity index (χ2v) is 6.20. The van der Waals surface area contributed by atoms with E-state index in [2.05, 4.69) is 22.0 Å². The van der Waals surface area contributed by atoms with E-state index >= 15 is 0 Å². The molecule has 1 aromatic carbocycles. The Labute approximate surface area is 127 Å². The van der Waals surface area contributed by atoms with Gasteiger partial charge in [-0.1, -0.05) is 31.4 Å². The third-order valence-corrected chi connectivity index (χ3v) is 4.16. The van der Waals surface area contributed by atoms with E-state index in [9.17, 15) is 0 Å². The average Bonchev–Trinajstić information content (AvgIpc) is 2.96. The van der Waals surface area contributed by atoms with Gasteiger partial charge in [-0.2, -0.15) is 0 Å². The van der Waals surface area contributed by atoms with E-state index in [4.69, 9.17) is 4.42 Å². The summed E-state index contributed by atoms with van der Waals surface area (Å²) in [6.45, 7) is 0.780. The van der Waals surface area contributed by atoms with Crippen LogP contribution in [-0.2, 0) is 6.54 Å². The highest BCUT2D eigenvalue weighted by molar-refractivity contribution is 5.59. The Balaban J connectivity index is 1.89. The normalized spacial score (nSPS) is 16.5. The maximum absolute atomic E-state index is 5.94. The Morgan fingerprint density at radius 1 is 1.29 bits per heavy atom. The zero-order valence-electron chi connectivity index (χ0n) is 12.9. The molecule has 0 N–H and O–H groups in total. The summed E-state index contributed by atoms with van der Waals surface area (Å²) in [5, 5.41) is 0. The van der Waals surface area contributed by atoms with Gasteiger partial charge in [-0.3, -0.25) is 0 Å². The molecule has 1 heterocycles. The van der Waals surface area contributed by atoms with E-state index in [0.29, 0.717) is 5.92 Å². The number of hydrogen-bond acceptors (Lipinski definition) is 3. The minimum Gasteiger partial charge on any atom is -0.440 e. The number of rotatable bonds is 4. The van der Waals surface area contributed by atoms with E-state index in [1.165, 1.54) is 37.7 Å². The van der Waals surface area contributed by atoms with Gasteiger partial charge in [-0.15, -0.1) is 0 Å². The number of benzene rings is 1. The molecule has 1 radical (unpaired) electrons. The van der Waals surface area contributed by atoms with Crippen LogP contribution in [0, 0.1) is 6.07 Å². The molecule has 0 aliphatic heterocycles. The summed E-state index contributed by atoms with van der Waals surface area (Å²) in [6, 6.07) is 9.60. The molecule has 0 spiro atoms. The molecule has 0 amide bonds. The molecular formula is C18H23N2O. The summed E-state index contributed by atoms with van der Waals surface area (Å²) in [4.78, 5) is 6.57. The summed E-state index contributed by atoms with van der Waals surface area (Å²) in [6.07, 6.45) is 8.38. The zero-order chi connectivity index (χ0) is 14.7. The van der Waals surface area contributed by atoms with Crippen LogP contribution in [0.2, 0.25) is 0 Å². The predicted octanol–water partition coefficient (Wildman–Crippen LogP) is 4.25. The quantitative estimate of drug-likeness (QED) is 0.840. The third-order valence-electron chi connectivity index (χ3n) is 4.16. The Bertz CT molecular complexity index is 582. The molecule has 1 fully saturated rings. The van der Waals surface area contributed by atoms with Crippen LogP contribution in [0.1, 0.15) is 49.3 Å². The molecule has 1 saturated carbocycles. The molecule has 2 aromatic rings. The van der Waals surface area contributed by atoms with Gasteiger partial charge in [0, 0.05) is 5.56 Å². The summed E-state index contributed by atoms with van der Waals surface area (Å²) in [5.74, 6) is 2.26. The third kappa shape index (κ3) is 3.35. The van der Waals surface area contributed by atoms with E-state index in [0.717, 1.165) is 23.8 Å². The fraction of sp³-hybridized carbons (Fsp3) is 0.500. The molecule has 21 heavy (non-hydrogen) atoms. The van der Waals surface area contributed by atoms with Crippen LogP contribution in [0.15, 0.2) is 28.8 Å². The van der Waals surface area contributed by atoms with Gasteiger partial charge < -0.3 is 9.32 Å². The monoisotopic (exact) mass is 283 g/mol. The highest BCUT2D eigenvalue weighted by Crippen LogP contribution is 2.37. The first-order valence-corrected chi connectivity index (χ1v) is 7.84. The minimum atomic E-state index is 0.610. The Morgan fingerprint density at radius 3 is 2.86 bits per heavy atom. The van der Waals surface area contributed by atoms with Gasteiger partial charge in [0.25, 0.3) is 0 Å². The highest BCUT2D eigenvalue weighted by atomic mass is 16.4. The fourth-order valence-electron chi connectivity index (χ4n) is 3.18. The van der Waals surface area contributed by atoms with Crippen LogP contribution in [-0.4, -0.2) is 24.0 Å². The first-order chi connectivity index (χ1) is 10.2. The molecule has 1 aliphatic carbocycles. The predicted molar refractivity (Wildman–Crippen MR) is 84.0 cm³/mol. The van der Waals surface area contributed by atoms with E-state index in [1.54, 1.807) is 0 Å². The second-order valence-electron chi connectivity index (χ2n) is 6.20. The Kier molecular flexibility index (Phi) is 4.39. The lowest BCUT2D eigenvalue weighted by molar-refractivity contribution is 0.353. The van der Waals surface area contributed by atoms with Gasteiger partial charge in [0.15, 0.2) is 0 Å². The van der Waals surface area contributed by atoms with Crippen molar-refractivity contribution >= 4 is 0 Å². The number of hydrogen-bond donors (Lipinski definition) is 0. The lowest BCUT2D eigenvalue weighted by Gasteiger charge is -2.23. The van der Waals surface area contributed by atoms with Crippen molar-refractivity contribution in [1.82, 2.24) is 9.88 Å². The number of aromatic nitrogens is 1. The van der Waals surface area contributed by atoms with Gasteiger partial charge >= 0.3 is 0 Å². The Hall–Kier alpha value is -1.61. The van der Waals surface area contributed by atoms with Crippen molar-refractivity contribution < 1.29 is 4.42 Å².